The van der Waals surface area contributed by atoms with Crippen LogP contribution in [0.25, 0.3) is 0 Å². The van der Waals surface area contributed by atoms with Gasteiger partial charge in [-0.2, -0.15) is 5.10 Å². The second-order valence-corrected chi connectivity index (χ2v) is 10.9. The number of benzene rings is 3. The molecule has 0 unspecified atom stereocenters. The number of methoxy groups -OCH3 is 2. The number of carbonyl (C=O) groups is 1. The van der Waals surface area contributed by atoms with Crippen LogP contribution in [-0.2, 0) is 14.8 Å². The Hall–Kier alpha value is -3.08. The molecule has 190 valence electrons. The monoisotopic (exact) mass is 593 g/mol. The van der Waals surface area contributed by atoms with E-state index in [-0.39, 0.29) is 4.90 Å². The van der Waals surface area contributed by atoms with Crippen LogP contribution in [0.4, 0.5) is 5.69 Å². The molecule has 1 amide bonds. The zero-order valence-corrected chi connectivity index (χ0v) is 23.2. The van der Waals surface area contributed by atoms with Gasteiger partial charge in [0.15, 0.2) is 11.5 Å². The molecule has 0 aliphatic carbocycles. The molecule has 0 saturated carbocycles. The van der Waals surface area contributed by atoms with Crippen molar-refractivity contribution in [2.24, 2.45) is 5.10 Å². The van der Waals surface area contributed by atoms with Gasteiger partial charge in [-0.05, 0) is 77.3 Å². The Balaban J connectivity index is 1.88. The number of sulfonamides is 1. The van der Waals surface area contributed by atoms with Crippen LogP contribution in [0.3, 0.4) is 0 Å². The van der Waals surface area contributed by atoms with Gasteiger partial charge in [-0.25, -0.2) is 13.8 Å². The topological polar surface area (TPSA) is 97.3 Å². The van der Waals surface area contributed by atoms with E-state index in [1.54, 1.807) is 43.3 Å². The quantitative estimate of drug-likeness (QED) is 0.275. The minimum atomic E-state index is -4.08. The van der Waals surface area contributed by atoms with Gasteiger partial charge < -0.3 is 9.47 Å². The van der Waals surface area contributed by atoms with Gasteiger partial charge >= 0.3 is 0 Å². The Morgan fingerprint density at radius 3 is 2.42 bits per heavy atom. The molecule has 0 atom stereocenters. The van der Waals surface area contributed by atoms with Crippen molar-refractivity contribution < 1.29 is 22.7 Å². The summed E-state index contributed by atoms with van der Waals surface area (Å²) in [7, 11) is -1.05. The van der Waals surface area contributed by atoms with Crippen molar-refractivity contribution >= 4 is 55.4 Å². The molecule has 0 aromatic heterocycles. The first-order valence-electron chi connectivity index (χ1n) is 10.7. The highest BCUT2D eigenvalue weighted by atomic mass is 79.9. The van der Waals surface area contributed by atoms with Crippen LogP contribution in [0.1, 0.15) is 16.7 Å². The third kappa shape index (κ3) is 6.37. The molecule has 0 aliphatic heterocycles. The van der Waals surface area contributed by atoms with Crippen LogP contribution in [-0.4, -0.2) is 41.3 Å². The van der Waals surface area contributed by atoms with E-state index in [2.05, 4.69) is 26.5 Å². The van der Waals surface area contributed by atoms with E-state index in [1.807, 2.05) is 6.92 Å². The van der Waals surface area contributed by atoms with E-state index >= 15 is 0 Å². The van der Waals surface area contributed by atoms with Gasteiger partial charge in [-0.3, -0.25) is 9.10 Å². The number of anilines is 1. The van der Waals surface area contributed by atoms with Crippen LogP contribution in [0.15, 0.2) is 69.1 Å². The molecule has 1 N–H and O–H groups in total. The number of nitrogens with one attached hydrogen (secondary N) is 1. The van der Waals surface area contributed by atoms with Crippen LogP contribution in [0.5, 0.6) is 11.5 Å². The molecule has 0 spiro atoms. The van der Waals surface area contributed by atoms with Gasteiger partial charge in [-0.1, -0.05) is 35.4 Å². The number of aryl methyl sites for hydroxylation is 2. The Morgan fingerprint density at radius 2 is 1.78 bits per heavy atom. The molecule has 8 nitrogen and oxygen atoms in total. The summed E-state index contributed by atoms with van der Waals surface area (Å²) < 4.78 is 39.3. The summed E-state index contributed by atoms with van der Waals surface area (Å²) in [4.78, 5) is 12.9. The van der Waals surface area contributed by atoms with Gasteiger partial charge in [0.25, 0.3) is 15.9 Å². The lowest BCUT2D eigenvalue weighted by atomic mass is 10.2. The molecule has 3 rings (SSSR count). The molecule has 3 aromatic carbocycles. The molecule has 0 saturated heterocycles. The predicted octanol–water partition coefficient (Wildman–Crippen LogP) is 5.08. The van der Waals surface area contributed by atoms with Crippen molar-refractivity contribution in [3.63, 3.8) is 0 Å². The molecular formula is C25H25BrClN3O5S. The number of nitrogens with zero attached hydrogens (tertiary/aromatic N) is 2. The Kier molecular flexibility index (Phi) is 8.99. The molecular weight excluding hydrogens is 570 g/mol. The van der Waals surface area contributed by atoms with Crippen molar-refractivity contribution in [1.82, 2.24) is 5.43 Å². The maximum absolute atomic E-state index is 13.5. The highest BCUT2D eigenvalue weighted by Crippen LogP contribution is 2.36. The largest absolute Gasteiger partial charge is 0.493 e. The predicted molar refractivity (Wildman–Crippen MR) is 145 cm³/mol. The number of amides is 1. The summed E-state index contributed by atoms with van der Waals surface area (Å²) >= 11 is 9.56. The van der Waals surface area contributed by atoms with E-state index in [9.17, 15) is 13.2 Å². The lowest BCUT2D eigenvalue weighted by Crippen LogP contribution is -2.40. The second kappa shape index (κ2) is 11.8. The summed E-state index contributed by atoms with van der Waals surface area (Å²) in [6.07, 6.45) is 1.41. The van der Waals surface area contributed by atoms with E-state index < -0.39 is 22.5 Å². The maximum atomic E-state index is 13.5. The maximum Gasteiger partial charge on any atom is 0.264 e. The van der Waals surface area contributed by atoms with Crippen molar-refractivity contribution in [2.75, 3.05) is 25.1 Å². The number of ether oxygens (including phenoxy) is 2. The summed E-state index contributed by atoms with van der Waals surface area (Å²) in [6, 6.07) is 14.7. The summed E-state index contributed by atoms with van der Waals surface area (Å²) in [6.45, 7) is 3.09. The Labute approximate surface area is 224 Å². The normalized spacial score (nSPS) is 11.4. The fraction of sp³-hybridized carbons (Fsp3) is 0.200. The van der Waals surface area contributed by atoms with E-state index in [1.165, 1.54) is 38.6 Å². The Morgan fingerprint density at radius 1 is 1.08 bits per heavy atom. The minimum absolute atomic E-state index is 0.0546. The zero-order chi connectivity index (χ0) is 26.5. The van der Waals surface area contributed by atoms with E-state index in [0.29, 0.717) is 37.8 Å². The highest BCUT2D eigenvalue weighted by molar-refractivity contribution is 9.10. The third-order valence-electron chi connectivity index (χ3n) is 5.19. The van der Waals surface area contributed by atoms with E-state index in [4.69, 9.17) is 21.1 Å². The number of halogens is 2. The molecule has 36 heavy (non-hydrogen) atoms. The van der Waals surface area contributed by atoms with Crippen molar-refractivity contribution in [3.8, 4) is 11.5 Å². The van der Waals surface area contributed by atoms with Gasteiger partial charge in [0.05, 0.1) is 35.5 Å². The second-order valence-electron chi connectivity index (χ2n) is 7.79. The third-order valence-corrected chi connectivity index (χ3v) is 7.79. The first-order valence-corrected chi connectivity index (χ1v) is 13.3. The molecule has 0 bridgehead atoms. The zero-order valence-electron chi connectivity index (χ0n) is 20.1. The molecule has 0 heterocycles. The van der Waals surface area contributed by atoms with Gasteiger partial charge in [0.2, 0.25) is 0 Å². The summed E-state index contributed by atoms with van der Waals surface area (Å²) in [5.74, 6) is 0.361. The number of carbonyl (C=O) groups excluding carboxylic acids is 1. The Bertz CT molecular complexity index is 1400. The van der Waals surface area contributed by atoms with Crippen LogP contribution < -0.4 is 19.2 Å². The van der Waals surface area contributed by atoms with Gasteiger partial charge in [0, 0.05) is 5.02 Å². The highest BCUT2D eigenvalue weighted by Gasteiger charge is 2.28. The first kappa shape index (κ1) is 27.5. The summed E-state index contributed by atoms with van der Waals surface area (Å²) in [5, 5.41) is 4.32. The lowest BCUT2D eigenvalue weighted by molar-refractivity contribution is -0.119. The number of rotatable bonds is 9. The standard InChI is InChI=1S/C25H25BrClN3O5S/c1-16-5-9-20(10-6-16)36(32,33)30(22-13-19(27)8-7-17(22)2)15-24(31)29-28-14-18-11-21(26)25(35-4)23(12-18)34-3/h5-14H,15H2,1-4H3,(H,29,31)/b28-14-. The smallest absolute Gasteiger partial charge is 0.264 e. The SMILES string of the molecule is COc1cc(/C=N\NC(=O)CN(c2cc(Cl)ccc2C)S(=O)(=O)c2ccc(C)cc2)cc(Br)c1OC. The number of hydrogen-bond acceptors (Lipinski definition) is 6. The van der Waals surface area contributed by atoms with E-state index in [0.717, 1.165) is 9.87 Å². The lowest BCUT2D eigenvalue weighted by Gasteiger charge is -2.25. The molecule has 0 radical (unpaired) electrons. The number of hydrogen-bond donors (Lipinski definition) is 1. The van der Waals surface area contributed by atoms with Crippen LogP contribution >= 0.6 is 27.5 Å². The number of hydrazone groups is 1. The van der Waals surface area contributed by atoms with Gasteiger partial charge in [0.1, 0.15) is 6.54 Å². The van der Waals surface area contributed by atoms with Crippen molar-refractivity contribution in [1.29, 1.82) is 0 Å². The fourth-order valence-electron chi connectivity index (χ4n) is 3.35. The van der Waals surface area contributed by atoms with Crippen LogP contribution in [0.2, 0.25) is 5.02 Å². The van der Waals surface area contributed by atoms with Crippen molar-refractivity contribution in [2.45, 2.75) is 18.7 Å². The average Bonchev–Trinajstić information content (AvgIpc) is 2.84. The molecule has 3 aromatic rings. The summed E-state index contributed by atoms with van der Waals surface area (Å²) in [5.41, 5.74) is 4.86. The molecule has 11 heteroatoms. The van der Waals surface area contributed by atoms with Crippen molar-refractivity contribution in [3.05, 3.63) is 80.8 Å². The average molecular weight is 595 g/mol. The van der Waals surface area contributed by atoms with Gasteiger partial charge in [-0.15, -0.1) is 0 Å². The fourth-order valence-corrected chi connectivity index (χ4v) is 5.61. The van der Waals surface area contributed by atoms with Crippen LogP contribution in [0, 0.1) is 13.8 Å². The minimum Gasteiger partial charge on any atom is -0.493 e. The molecule has 0 fully saturated rings. The first-order chi connectivity index (χ1) is 17.1. The molecule has 0 aliphatic rings.